The highest BCUT2D eigenvalue weighted by molar-refractivity contribution is 9.10. The van der Waals surface area contributed by atoms with Gasteiger partial charge in [-0.25, -0.2) is 17.9 Å². The van der Waals surface area contributed by atoms with Crippen molar-refractivity contribution in [3.8, 4) is 5.75 Å². The molecule has 146 valence electrons. The molecule has 0 fully saturated rings. The van der Waals surface area contributed by atoms with Crippen LogP contribution in [-0.2, 0) is 24.3 Å². The average Bonchev–Trinajstić information content (AvgIpc) is 2.58. The molecule has 0 aliphatic carbocycles. The molecular weight excluding hydrogens is 428 g/mol. The van der Waals surface area contributed by atoms with Crippen molar-refractivity contribution in [3.05, 3.63) is 22.7 Å². The maximum atomic E-state index is 12.4. The first-order chi connectivity index (χ1) is 12.1. The van der Waals surface area contributed by atoms with Gasteiger partial charge in [0, 0.05) is 4.47 Å². The minimum atomic E-state index is -3.99. The fourth-order valence-corrected chi connectivity index (χ4v) is 3.86. The Labute approximate surface area is 161 Å². The number of hydrogen-bond donors (Lipinski definition) is 2. The highest BCUT2D eigenvalue weighted by Gasteiger charge is 2.25. The van der Waals surface area contributed by atoms with Crippen molar-refractivity contribution >= 4 is 37.8 Å². The number of hydrogen-bond acceptors (Lipinski definition) is 6. The molecule has 1 amide bonds. The molecule has 26 heavy (non-hydrogen) atoms. The lowest BCUT2D eigenvalue weighted by Crippen LogP contribution is -2.46. The quantitative estimate of drug-likeness (QED) is 0.550. The average molecular weight is 451 g/mol. The van der Waals surface area contributed by atoms with Crippen molar-refractivity contribution in [2.45, 2.75) is 31.2 Å². The second-order valence-electron chi connectivity index (χ2n) is 5.89. The number of carbonyl (C=O) groups is 2. The van der Waals surface area contributed by atoms with Gasteiger partial charge in [-0.2, -0.15) is 0 Å². The summed E-state index contributed by atoms with van der Waals surface area (Å²) in [5.74, 6) is -0.933. The summed E-state index contributed by atoms with van der Waals surface area (Å²) in [5.41, 5.74) is 0. The molecule has 0 saturated heterocycles. The Morgan fingerprint density at radius 1 is 1.23 bits per heavy atom. The molecule has 0 radical (unpaired) electrons. The van der Waals surface area contributed by atoms with Crippen LogP contribution in [0.3, 0.4) is 0 Å². The molecule has 0 spiro atoms. The van der Waals surface area contributed by atoms with E-state index in [1.165, 1.54) is 26.4 Å². The van der Waals surface area contributed by atoms with Gasteiger partial charge in [-0.3, -0.25) is 4.79 Å². The van der Waals surface area contributed by atoms with Crippen molar-refractivity contribution in [1.82, 2.24) is 10.0 Å². The monoisotopic (exact) mass is 450 g/mol. The highest BCUT2D eigenvalue weighted by Crippen LogP contribution is 2.26. The van der Waals surface area contributed by atoms with E-state index in [2.05, 4.69) is 30.7 Å². The van der Waals surface area contributed by atoms with Crippen molar-refractivity contribution < 1.29 is 27.5 Å². The van der Waals surface area contributed by atoms with E-state index in [-0.39, 0.29) is 16.6 Å². The number of rotatable bonds is 9. The van der Waals surface area contributed by atoms with Crippen LogP contribution < -0.4 is 14.8 Å². The second kappa shape index (κ2) is 9.89. The molecule has 0 aliphatic heterocycles. The number of nitrogens with one attached hydrogen (secondary N) is 2. The van der Waals surface area contributed by atoms with Crippen molar-refractivity contribution in [3.63, 3.8) is 0 Å². The molecule has 0 saturated carbocycles. The standard InChI is InChI=1S/C16H23BrN2O6S/c1-10(2)7-12(16(21)25-4)19-15(20)9-18-26(22,23)14-8-11(17)5-6-13(14)24-3/h5-6,8,10,12,18H,7,9H2,1-4H3,(H,19,20). The molecule has 1 atom stereocenters. The predicted molar refractivity (Wildman–Crippen MR) is 99.3 cm³/mol. The number of esters is 1. The molecular formula is C16H23BrN2O6S. The largest absolute Gasteiger partial charge is 0.495 e. The van der Waals surface area contributed by atoms with Gasteiger partial charge in [0.15, 0.2) is 0 Å². The van der Waals surface area contributed by atoms with Crippen molar-refractivity contribution in [2.75, 3.05) is 20.8 Å². The summed E-state index contributed by atoms with van der Waals surface area (Å²) < 4.78 is 37.3. The normalized spacial score (nSPS) is 12.5. The minimum absolute atomic E-state index is 0.103. The van der Waals surface area contributed by atoms with Crippen LogP contribution in [0.5, 0.6) is 5.75 Å². The van der Waals surface area contributed by atoms with E-state index >= 15 is 0 Å². The van der Waals surface area contributed by atoms with Gasteiger partial charge in [0.25, 0.3) is 0 Å². The van der Waals surface area contributed by atoms with Gasteiger partial charge in [0.1, 0.15) is 16.7 Å². The van der Waals surface area contributed by atoms with Gasteiger partial charge in [-0.1, -0.05) is 29.8 Å². The van der Waals surface area contributed by atoms with Gasteiger partial charge in [-0.05, 0) is 30.5 Å². The van der Waals surface area contributed by atoms with E-state index in [0.29, 0.717) is 10.9 Å². The highest BCUT2D eigenvalue weighted by atomic mass is 79.9. The maximum Gasteiger partial charge on any atom is 0.328 e. The molecule has 0 bridgehead atoms. The number of sulfonamides is 1. The minimum Gasteiger partial charge on any atom is -0.495 e. The van der Waals surface area contributed by atoms with E-state index in [1.807, 2.05) is 13.8 Å². The number of ether oxygens (including phenoxy) is 2. The fraction of sp³-hybridized carbons (Fsp3) is 0.500. The first-order valence-corrected chi connectivity index (χ1v) is 10.1. The molecule has 8 nitrogen and oxygen atoms in total. The summed E-state index contributed by atoms with van der Waals surface area (Å²) in [6.45, 7) is 3.26. The first-order valence-electron chi connectivity index (χ1n) is 7.81. The molecule has 0 heterocycles. The van der Waals surface area contributed by atoms with Crippen molar-refractivity contribution in [2.24, 2.45) is 5.92 Å². The van der Waals surface area contributed by atoms with E-state index < -0.39 is 34.5 Å². The van der Waals surface area contributed by atoms with Crippen LogP contribution in [0.15, 0.2) is 27.6 Å². The smallest absolute Gasteiger partial charge is 0.328 e. The third-order valence-electron chi connectivity index (χ3n) is 3.37. The zero-order chi connectivity index (χ0) is 19.9. The zero-order valence-electron chi connectivity index (χ0n) is 15.0. The number of amides is 1. The summed E-state index contributed by atoms with van der Waals surface area (Å²) in [4.78, 5) is 23.7. The van der Waals surface area contributed by atoms with E-state index in [1.54, 1.807) is 6.07 Å². The Bertz CT molecular complexity index is 751. The Morgan fingerprint density at radius 2 is 1.88 bits per heavy atom. The van der Waals surface area contributed by atoms with Crippen LogP contribution >= 0.6 is 15.9 Å². The van der Waals surface area contributed by atoms with Crippen LogP contribution in [-0.4, -0.2) is 47.1 Å². The Morgan fingerprint density at radius 3 is 2.42 bits per heavy atom. The van der Waals surface area contributed by atoms with Crippen LogP contribution in [0.25, 0.3) is 0 Å². The van der Waals surface area contributed by atoms with Gasteiger partial charge >= 0.3 is 5.97 Å². The SMILES string of the molecule is COC(=O)C(CC(C)C)NC(=O)CNS(=O)(=O)c1cc(Br)ccc1OC. The molecule has 1 unspecified atom stereocenters. The Hall–Kier alpha value is -1.65. The van der Waals surface area contributed by atoms with E-state index in [0.717, 1.165) is 0 Å². The summed E-state index contributed by atoms with van der Waals surface area (Å²) in [6.07, 6.45) is 0.380. The summed E-state index contributed by atoms with van der Waals surface area (Å²) in [7, 11) is -1.41. The Balaban J connectivity index is 2.82. The van der Waals surface area contributed by atoms with Crippen molar-refractivity contribution in [1.29, 1.82) is 0 Å². The maximum absolute atomic E-state index is 12.4. The zero-order valence-corrected chi connectivity index (χ0v) is 17.4. The van der Waals surface area contributed by atoms with Gasteiger partial charge < -0.3 is 14.8 Å². The molecule has 1 aromatic carbocycles. The number of benzene rings is 1. The molecule has 1 rings (SSSR count). The molecule has 0 aromatic heterocycles. The van der Waals surface area contributed by atoms with Crippen LogP contribution in [0.4, 0.5) is 0 Å². The fourth-order valence-electron chi connectivity index (χ4n) is 2.17. The second-order valence-corrected chi connectivity index (χ2v) is 8.54. The predicted octanol–water partition coefficient (Wildman–Crippen LogP) is 1.44. The van der Waals surface area contributed by atoms with Gasteiger partial charge in [0.2, 0.25) is 15.9 Å². The van der Waals surface area contributed by atoms with Gasteiger partial charge in [-0.15, -0.1) is 0 Å². The summed E-state index contributed by atoms with van der Waals surface area (Å²) >= 11 is 3.20. The molecule has 2 N–H and O–H groups in total. The first kappa shape index (κ1) is 22.4. The van der Waals surface area contributed by atoms with Crippen LogP contribution in [0.2, 0.25) is 0 Å². The number of halogens is 1. The molecule has 0 aliphatic rings. The topological polar surface area (TPSA) is 111 Å². The Kier molecular flexibility index (Phi) is 8.51. The number of methoxy groups -OCH3 is 2. The lowest BCUT2D eigenvalue weighted by Gasteiger charge is -2.18. The third kappa shape index (κ3) is 6.58. The number of carbonyl (C=O) groups excluding carboxylic acids is 2. The summed E-state index contributed by atoms with van der Waals surface area (Å²) in [6, 6.07) is 3.67. The lowest BCUT2D eigenvalue weighted by atomic mass is 10.0. The van der Waals surface area contributed by atoms with E-state index in [9.17, 15) is 18.0 Å². The lowest BCUT2D eigenvalue weighted by molar-refractivity contribution is -0.145. The molecule has 10 heteroatoms. The van der Waals surface area contributed by atoms with Crippen LogP contribution in [0.1, 0.15) is 20.3 Å². The molecule has 1 aromatic rings. The third-order valence-corrected chi connectivity index (χ3v) is 5.28. The van der Waals surface area contributed by atoms with Gasteiger partial charge in [0.05, 0.1) is 20.8 Å². The van der Waals surface area contributed by atoms with E-state index in [4.69, 9.17) is 4.74 Å². The summed E-state index contributed by atoms with van der Waals surface area (Å²) in [5, 5.41) is 2.48. The van der Waals surface area contributed by atoms with Crippen LogP contribution in [0, 0.1) is 5.92 Å².